The molecule has 0 aromatic heterocycles. The first-order valence-electron chi connectivity index (χ1n) is 6.31. The van der Waals surface area contributed by atoms with Crippen LogP contribution in [0.25, 0.3) is 0 Å². The molecule has 0 saturated heterocycles. The molecule has 0 heterocycles. The van der Waals surface area contributed by atoms with Crippen LogP contribution in [-0.2, 0) is 14.3 Å². The first-order valence-corrected chi connectivity index (χ1v) is 6.69. The molecule has 1 aromatic carbocycles. The van der Waals surface area contributed by atoms with Crippen LogP contribution in [0, 0.1) is 0 Å². The Bertz CT molecular complexity index is 514. The molecule has 0 aliphatic heterocycles. The number of hydrazine groups is 1. The molecule has 0 aliphatic rings. The quantitative estimate of drug-likeness (QED) is 0.660. The SMILES string of the molecule is COC(=O)[C@H](NNC(=O)OC(C)(C)C)c1ccccc1Cl. The van der Waals surface area contributed by atoms with Crippen molar-refractivity contribution in [2.45, 2.75) is 32.4 Å². The molecule has 0 aliphatic carbocycles. The summed E-state index contributed by atoms with van der Waals surface area (Å²) in [7, 11) is 1.25. The van der Waals surface area contributed by atoms with Gasteiger partial charge < -0.3 is 9.47 Å². The normalized spacial score (nSPS) is 12.4. The summed E-state index contributed by atoms with van der Waals surface area (Å²) in [6.07, 6.45) is -0.705. The van der Waals surface area contributed by atoms with E-state index in [1.165, 1.54) is 7.11 Å². The summed E-state index contributed by atoms with van der Waals surface area (Å²) >= 11 is 6.05. The number of methoxy groups -OCH3 is 1. The predicted octanol–water partition coefficient (Wildman–Crippen LogP) is 2.58. The highest BCUT2D eigenvalue weighted by atomic mass is 35.5. The van der Waals surface area contributed by atoms with Crippen molar-refractivity contribution in [2.24, 2.45) is 0 Å². The molecule has 6 nitrogen and oxygen atoms in total. The van der Waals surface area contributed by atoms with Gasteiger partial charge in [-0.1, -0.05) is 29.8 Å². The summed E-state index contributed by atoms with van der Waals surface area (Å²) < 4.78 is 9.77. The topological polar surface area (TPSA) is 76.7 Å². The molecule has 0 spiro atoms. The van der Waals surface area contributed by atoms with E-state index in [1.54, 1.807) is 45.0 Å². The number of ether oxygens (including phenoxy) is 2. The molecule has 21 heavy (non-hydrogen) atoms. The van der Waals surface area contributed by atoms with Crippen LogP contribution < -0.4 is 10.9 Å². The van der Waals surface area contributed by atoms with Gasteiger partial charge in [0.2, 0.25) is 0 Å². The van der Waals surface area contributed by atoms with E-state index in [9.17, 15) is 9.59 Å². The lowest BCUT2D eigenvalue weighted by atomic mass is 10.1. The molecule has 1 aromatic rings. The molecule has 0 bridgehead atoms. The van der Waals surface area contributed by atoms with Crippen LogP contribution in [0.4, 0.5) is 4.79 Å². The summed E-state index contributed by atoms with van der Waals surface area (Å²) in [4.78, 5) is 23.4. The van der Waals surface area contributed by atoms with Crippen molar-refractivity contribution < 1.29 is 19.1 Å². The molecule has 7 heteroatoms. The van der Waals surface area contributed by atoms with Crippen LogP contribution >= 0.6 is 11.6 Å². The van der Waals surface area contributed by atoms with Crippen molar-refractivity contribution in [3.63, 3.8) is 0 Å². The number of benzene rings is 1. The van der Waals surface area contributed by atoms with Crippen LogP contribution in [-0.4, -0.2) is 24.8 Å². The number of carbonyl (C=O) groups is 2. The van der Waals surface area contributed by atoms with Crippen molar-refractivity contribution >= 4 is 23.7 Å². The van der Waals surface area contributed by atoms with Crippen molar-refractivity contribution in [2.75, 3.05) is 7.11 Å². The van der Waals surface area contributed by atoms with E-state index in [2.05, 4.69) is 10.9 Å². The molecular weight excluding hydrogens is 296 g/mol. The zero-order valence-corrected chi connectivity index (χ0v) is 13.2. The monoisotopic (exact) mass is 314 g/mol. The van der Waals surface area contributed by atoms with Gasteiger partial charge in [0.15, 0.2) is 6.04 Å². The fourth-order valence-corrected chi connectivity index (χ4v) is 1.77. The number of rotatable bonds is 4. The standard InChI is InChI=1S/C14H19ClN2O4/c1-14(2,3)21-13(19)17-16-11(12(18)20-4)9-7-5-6-8-10(9)15/h5-8,11,16H,1-4H3,(H,17,19)/t11-/m1/s1. The summed E-state index contributed by atoms with van der Waals surface area (Å²) in [6.45, 7) is 5.20. The van der Waals surface area contributed by atoms with Crippen molar-refractivity contribution in [3.8, 4) is 0 Å². The smallest absolute Gasteiger partial charge is 0.422 e. The van der Waals surface area contributed by atoms with Gasteiger partial charge in [0.05, 0.1) is 7.11 Å². The van der Waals surface area contributed by atoms with Gasteiger partial charge >= 0.3 is 12.1 Å². The summed E-state index contributed by atoms with van der Waals surface area (Å²) in [5.41, 5.74) is 4.72. The molecule has 0 radical (unpaired) electrons. The Balaban J connectivity index is 2.80. The Morgan fingerprint density at radius 1 is 1.24 bits per heavy atom. The van der Waals surface area contributed by atoms with E-state index in [4.69, 9.17) is 21.1 Å². The number of esters is 1. The Morgan fingerprint density at radius 3 is 2.38 bits per heavy atom. The molecule has 1 rings (SSSR count). The average molecular weight is 315 g/mol. The van der Waals surface area contributed by atoms with Gasteiger partial charge in [-0.2, -0.15) is 0 Å². The highest BCUT2D eigenvalue weighted by molar-refractivity contribution is 6.31. The number of hydrogen-bond donors (Lipinski definition) is 2. The number of carbonyl (C=O) groups excluding carboxylic acids is 2. The second-order valence-electron chi connectivity index (χ2n) is 5.25. The van der Waals surface area contributed by atoms with E-state index in [-0.39, 0.29) is 0 Å². The number of amides is 1. The van der Waals surface area contributed by atoms with Crippen molar-refractivity contribution in [3.05, 3.63) is 34.9 Å². The lowest BCUT2D eigenvalue weighted by Gasteiger charge is -2.22. The van der Waals surface area contributed by atoms with E-state index >= 15 is 0 Å². The molecule has 0 saturated carbocycles. The van der Waals surface area contributed by atoms with E-state index in [0.29, 0.717) is 10.6 Å². The molecule has 2 N–H and O–H groups in total. The Hall–Kier alpha value is -1.79. The minimum atomic E-state index is -0.934. The van der Waals surface area contributed by atoms with Gasteiger partial charge in [-0.25, -0.2) is 15.0 Å². The summed E-state index contributed by atoms with van der Waals surface area (Å²) in [6, 6.07) is 5.83. The Labute approximate surface area is 128 Å². The fraction of sp³-hybridized carbons (Fsp3) is 0.429. The largest absolute Gasteiger partial charge is 0.468 e. The Morgan fingerprint density at radius 2 is 1.86 bits per heavy atom. The second kappa shape index (κ2) is 7.28. The van der Waals surface area contributed by atoms with Crippen LogP contribution in [0.1, 0.15) is 32.4 Å². The number of hydrogen-bond acceptors (Lipinski definition) is 5. The Kier molecular flexibility index (Phi) is 5.99. The minimum Gasteiger partial charge on any atom is -0.468 e. The van der Waals surface area contributed by atoms with Gasteiger partial charge in [-0.3, -0.25) is 5.43 Å². The molecule has 0 fully saturated rings. The van der Waals surface area contributed by atoms with Gasteiger partial charge in [-0.05, 0) is 26.8 Å². The van der Waals surface area contributed by atoms with Crippen LogP contribution in [0.15, 0.2) is 24.3 Å². The molecule has 0 unspecified atom stereocenters. The molecule has 1 atom stereocenters. The highest BCUT2D eigenvalue weighted by Crippen LogP contribution is 2.23. The van der Waals surface area contributed by atoms with Crippen LogP contribution in [0.2, 0.25) is 5.02 Å². The first-order chi connectivity index (χ1) is 9.74. The van der Waals surface area contributed by atoms with Gasteiger partial charge in [0, 0.05) is 10.6 Å². The van der Waals surface area contributed by atoms with Gasteiger partial charge in [0.1, 0.15) is 5.60 Å². The molecular formula is C14H19ClN2O4. The minimum absolute atomic E-state index is 0.381. The second-order valence-corrected chi connectivity index (χ2v) is 5.66. The maximum Gasteiger partial charge on any atom is 0.422 e. The predicted molar refractivity (Wildman–Crippen MR) is 78.7 cm³/mol. The third-order valence-corrected chi connectivity index (χ3v) is 2.71. The maximum atomic E-state index is 11.8. The van der Waals surface area contributed by atoms with Crippen LogP contribution in [0.3, 0.4) is 0 Å². The highest BCUT2D eigenvalue weighted by Gasteiger charge is 2.25. The third-order valence-electron chi connectivity index (χ3n) is 2.37. The third kappa shape index (κ3) is 5.61. The fourth-order valence-electron chi connectivity index (χ4n) is 1.53. The lowest BCUT2D eigenvalue weighted by molar-refractivity contribution is -0.143. The number of halogens is 1. The lowest BCUT2D eigenvalue weighted by Crippen LogP contribution is -2.45. The van der Waals surface area contributed by atoms with E-state index < -0.39 is 23.7 Å². The van der Waals surface area contributed by atoms with Crippen LogP contribution in [0.5, 0.6) is 0 Å². The average Bonchev–Trinajstić information content (AvgIpc) is 2.38. The van der Waals surface area contributed by atoms with Gasteiger partial charge in [-0.15, -0.1) is 0 Å². The summed E-state index contributed by atoms with van der Waals surface area (Å²) in [5, 5.41) is 0.381. The van der Waals surface area contributed by atoms with Crippen molar-refractivity contribution in [1.82, 2.24) is 10.9 Å². The molecule has 1 amide bonds. The molecule has 116 valence electrons. The first kappa shape index (κ1) is 17.3. The summed E-state index contributed by atoms with van der Waals surface area (Å²) in [5.74, 6) is -0.584. The van der Waals surface area contributed by atoms with E-state index in [0.717, 1.165) is 0 Å². The zero-order valence-electron chi connectivity index (χ0n) is 12.4. The van der Waals surface area contributed by atoms with Gasteiger partial charge in [0.25, 0.3) is 0 Å². The van der Waals surface area contributed by atoms with E-state index in [1.807, 2.05) is 0 Å². The van der Waals surface area contributed by atoms with Crippen molar-refractivity contribution in [1.29, 1.82) is 0 Å². The number of nitrogens with one attached hydrogen (secondary N) is 2. The zero-order chi connectivity index (χ0) is 16.0. The maximum absolute atomic E-state index is 11.8.